The average Bonchev–Trinajstić information content (AvgIpc) is 2.51. The fraction of sp³-hybridized carbons (Fsp3) is 0.357. The lowest BCUT2D eigenvalue weighted by Gasteiger charge is -2.07. The summed E-state index contributed by atoms with van der Waals surface area (Å²) in [7, 11) is 1.51. The molecule has 8 heteroatoms. The molecule has 0 aliphatic carbocycles. The summed E-state index contributed by atoms with van der Waals surface area (Å²) in [6.45, 7) is 0.0209. The van der Waals surface area contributed by atoms with Gasteiger partial charge >= 0.3 is 5.97 Å². The van der Waals surface area contributed by atoms with Crippen molar-refractivity contribution in [2.24, 2.45) is 0 Å². The average molecular weight is 373 g/mol. The van der Waals surface area contributed by atoms with E-state index in [0.717, 1.165) is 4.47 Å². The number of ether oxygens (including phenoxy) is 2. The molecule has 0 aliphatic heterocycles. The molecule has 0 saturated carbocycles. The van der Waals surface area contributed by atoms with Gasteiger partial charge in [0, 0.05) is 23.7 Å². The number of esters is 1. The first-order chi connectivity index (χ1) is 10.5. The van der Waals surface area contributed by atoms with Crippen LogP contribution >= 0.6 is 15.9 Å². The van der Waals surface area contributed by atoms with Crippen LogP contribution in [-0.2, 0) is 19.1 Å². The number of hydrogen-bond donors (Lipinski definition) is 2. The Morgan fingerprint density at radius 1 is 1.14 bits per heavy atom. The van der Waals surface area contributed by atoms with E-state index in [1.165, 1.54) is 7.11 Å². The number of halogens is 1. The van der Waals surface area contributed by atoms with Gasteiger partial charge in [0.15, 0.2) is 6.61 Å². The fourth-order valence-corrected chi connectivity index (χ4v) is 1.66. The van der Waals surface area contributed by atoms with Crippen molar-refractivity contribution < 1.29 is 23.9 Å². The highest BCUT2D eigenvalue weighted by atomic mass is 79.9. The monoisotopic (exact) mass is 372 g/mol. The summed E-state index contributed by atoms with van der Waals surface area (Å²) in [6, 6.07) is 6.68. The van der Waals surface area contributed by atoms with E-state index in [1.807, 2.05) is 0 Å². The zero-order valence-corrected chi connectivity index (χ0v) is 13.6. The van der Waals surface area contributed by atoms with E-state index in [1.54, 1.807) is 24.3 Å². The normalized spacial score (nSPS) is 9.91. The van der Waals surface area contributed by atoms with Crippen LogP contribution < -0.4 is 10.6 Å². The summed E-state index contributed by atoms with van der Waals surface area (Å²) in [5.41, 5.74) is 0.424. The molecule has 0 unspecified atom stereocenters. The van der Waals surface area contributed by atoms with Crippen molar-refractivity contribution in [3.05, 3.63) is 34.3 Å². The SMILES string of the molecule is COCCNC(=O)COC(=O)CNC(=O)c1ccc(Br)cc1. The van der Waals surface area contributed by atoms with Crippen molar-refractivity contribution in [1.29, 1.82) is 0 Å². The molecule has 1 rings (SSSR count). The minimum Gasteiger partial charge on any atom is -0.454 e. The van der Waals surface area contributed by atoms with E-state index in [-0.39, 0.29) is 6.54 Å². The van der Waals surface area contributed by atoms with Gasteiger partial charge in [0.25, 0.3) is 11.8 Å². The van der Waals surface area contributed by atoms with Crippen molar-refractivity contribution in [3.8, 4) is 0 Å². The second-order valence-electron chi connectivity index (χ2n) is 4.19. The zero-order chi connectivity index (χ0) is 16.4. The molecule has 2 amide bonds. The van der Waals surface area contributed by atoms with Crippen LogP contribution in [0.5, 0.6) is 0 Å². The van der Waals surface area contributed by atoms with Crippen LogP contribution in [-0.4, -0.2) is 51.2 Å². The van der Waals surface area contributed by atoms with Crippen LogP contribution in [0.4, 0.5) is 0 Å². The molecule has 1 aromatic carbocycles. The Hall–Kier alpha value is -1.93. The van der Waals surface area contributed by atoms with Crippen LogP contribution in [0.15, 0.2) is 28.7 Å². The molecule has 2 N–H and O–H groups in total. The maximum atomic E-state index is 11.7. The number of rotatable bonds is 8. The second kappa shape index (κ2) is 9.91. The van der Waals surface area contributed by atoms with Gasteiger partial charge in [-0.2, -0.15) is 0 Å². The van der Waals surface area contributed by atoms with Crippen LogP contribution in [0.2, 0.25) is 0 Å². The van der Waals surface area contributed by atoms with E-state index in [4.69, 9.17) is 9.47 Å². The largest absolute Gasteiger partial charge is 0.454 e. The number of carbonyl (C=O) groups is 3. The smallest absolute Gasteiger partial charge is 0.325 e. The van der Waals surface area contributed by atoms with Gasteiger partial charge in [-0.15, -0.1) is 0 Å². The van der Waals surface area contributed by atoms with Crippen LogP contribution in [0.25, 0.3) is 0 Å². The van der Waals surface area contributed by atoms with E-state index in [0.29, 0.717) is 18.7 Å². The molecule has 0 aliphatic rings. The Balaban J connectivity index is 2.24. The number of benzene rings is 1. The maximum Gasteiger partial charge on any atom is 0.325 e. The Kier molecular flexibility index (Phi) is 8.16. The van der Waals surface area contributed by atoms with E-state index >= 15 is 0 Å². The number of carbonyl (C=O) groups excluding carboxylic acids is 3. The van der Waals surface area contributed by atoms with Gasteiger partial charge in [-0.1, -0.05) is 15.9 Å². The lowest BCUT2D eigenvalue weighted by Crippen LogP contribution is -2.34. The first kappa shape index (κ1) is 18.1. The summed E-state index contributed by atoms with van der Waals surface area (Å²) < 4.78 is 10.3. The Bertz CT molecular complexity index is 518. The number of hydrogen-bond acceptors (Lipinski definition) is 5. The highest BCUT2D eigenvalue weighted by Crippen LogP contribution is 2.10. The summed E-state index contributed by atoms with van der Waals surface area (Å²) in [4.78, 5) is 34.4. The molecule has 0 fully saturated rings. The van der Waals surface area contributed by atoms with Gasteiger partial charge in [-0.3, -0.25) is 14.4 Å². The summed E-state index contributed by atoms with van der Waals surface area (Å²) in [5, 5.41) is 4.92. The lowest BCUT2D eigenvalue weighted by molar-refractivity contribution is -0.147. The lowest BCUT2D eigenvalue weighted by atomic mass is 10.2. The predicted molar refractivity (Wildman–Crippen MR) is 82.3 cm³/mol. The van der Waals surface area contributed by atoms with Crippen molar-refractivity contribution in [2.45, 2.75) is 0 Å². The predicted octanol–water partition coefficient (Wildman–Crippen LogP) is 0.485. The van der Waals surface area contributed by atoms with Crippen LogP contribution in [0, 0.1) is 0 Å². The van der Waals surface area contributed by atoms with Crippen LogP contribution in [0.1, 0.15) is 10.4 Å². The highest BCUT2D eigenvalue weighted by molar-refractivity contribution is 9.10. The van der Waals surface area contributed by atoms with Gasteiger partial charge in [0.1, 0.15) is 6.54 Å². The zero-order valence-electron chi connectivity index (χ0n) is 12.1. The molecule has 0 heterocycles. The Labute approximate surface area is 136 Å². The molecule has 0 bridgehead atoms. The van der Waals surface area contributed by atoms with E-state index < -0.39 is 24.4 Å². The Morgan fingerprint density at radius 3 is 2.45 bits per heavy atom. The first-order valence-electron chi connectivity index (χ1n) is 6.48. The summed E-state index contributed by atoms with van der Waals surface area (Å²) >= 11 is 3.26. The quantitative estimate of drug-likeness (QED) is 0.511. The van der Waals surface area contributed by atoms with Crippen molar-refractivity contribution >= 4 is 33.7 Å². The van der Waals surface area contributed by atoms with Gasteiger partial charge < -0.3 is 20.1 Å². The first-order valence-corrected chi connectivity index (χ1v) is 7.27. The van der Waals surface area contributed by atoms with Crippen LogP contribution in [0.3, 0.4) is 0 Å². The molecular weight excluding hydrogens is 356 g/mol. The maximum absolute atomic E-state index is 11.7. The molecular formula is C14H17BrN2O5. The summed E-state index contributed by atoms with van der Waals surface area (Å²) in [6.07, 6.45) is 0. The van der Waals surface area contributed by atoms with Crippen molar-refractivity contribution in [3.63, 3.8) is 0 Å². The number of nitrogens with one attached hydrogen (secondary N) is 2. The minimum atomic E-state index is -0.688. The third-order valence-corrected chi connectivity index (χ3v) is 3.02. The van der Waals surface area contributed by atoms with Gasteiger partial charge in [0.2, 0.25) is 0 Å². The van der Waals surface area contributed by atoms with Crippen molar-refractivity contribution in [1.82, 2.24) is 10.6 Å². The molecule has 7 nitrogen and oxygen atoms in total. The minimum absolute atomic E-state index is 0.305. The number of amides is 2. The van der Waals surface area contributed by atoms with Gasteiger partial charge in [-0.05, 0) is 24.3 Å². The topological polar surface area (TPSA) is 93.7 Å². The molecule has 120 valence electrons. The Morgan fingerprint density at radius 2 is 1.82 bits per heavy atom. The third-order valence-electron chi connectivity index (χ3n) is 2.49. The van der Waals surface area contributed by atoms with Crippen molar-refractivity contribution in [2.75, 3.05) is 33.4 Å². The van der Waals surface area contributed by atoms with E-state index in [2.05, 4.69) is 26.6 Å². The molecule has 0 spiro atoms. The fourth-order valence-electron chi connectivity index (χ4n) is 1.40. The standard InChI is InChI=1S/C14H17BrN2O5/c1-21-7-6-16-12(18)9-22-13(19)8-17-14(20)10-2-4-11(15)5-3-10/h2-5H,6-9H2,1H3,(H,16,18)(H,17,20). The van der Waals surface area contributed by atoms with Gasteiger partial charge in [0.05, 0.1) is 6.61 Å². The van der Waals surface area contributed by atoms with E-state index in [9.17, 15) is 14.4 Å². The highest BCUT2D eigenvalue weighted by Gasteiger charge is 2.10. The molecule has 22 heavy (non-hydrogen) atoms. The molecule has 0 radical (unpaired) electrons. The van der Waals surface area contributed by atoms with Gasteiger partial charge in [-0.25, -0.2) is 0 Å². The molecule has 0 aromatic heterocycles. The summed E-state index contributed by atoms with van der Waals surface area (Å²) in [5.74, 6) is -1.51. The second-order valence-corrected chi connectivity index (χ2v) is 5.11. The molecule has 0 saturated heterocycles. The third kappa shape index (κ3) is 7.19. The number of methoxy groups -OCH3 is 1. The molecule has 0 atom stereocenters. The molecule has 1 aromatic rings.